The summed E-state index contributed by atoms with van der Waals surface area (Å²) >= 11 is 0. The first-order valence-corrected chi connectivity index (χ1v) is 10.7. The molecule has 2 N–H and O–H groups in total. The maximum absolute atomic E-state index is 12.8. The van der Waals surface area contributed by atoms with Crippen molar-refractivity contribution in [3.63, 3.8) is 0 Å². The van der Waals surface area contributed by atoms with Crippen LogP contribution in [0.25, 0.3) is 33.1 Å². The molecule has 0 unspecified atom stereocenters. The Hall–Kier alpha value is -4.33. The molecule has 8 heteroatoms. The summed E-state index contributed by atoms with van der Waals surface area (Å²) in [5.41, 5.74) is 3.39. The van der Waals surface area contributed by atoms with Gasteiger partial charge in [-0.15, -0.1) is 0 Å². The first-order valence-electron chi connectivity index (χ1n) is 10.7. The Morgan fingerprint density at radius 3 is 2.67 bits per heavy atom. The van der Waals surface area contributed by atoms with Gasteiger partial charge < -0.3 is 19.0 Å². The largest absolute Gasteiger partial charge is 0.490 e. The van der Waals surface area contributed by atoms with Crippen molar-refractivity contribution in [3.8, 4) is 22.8 Å². The molecule has 0 spiro atoms. The Bertz CT molecular complexity index is 1450. The van der Waals surface area contributed by atoms with Crippen molar-refractivity contribution < 1.29 is 18.8 Å². The highest BCUT2D eigenvalue weighted by molar-refractivity contribution is 6.10. The lowest BCUT2D eigenvalue weighted by Gasteiger charge is -2.11. The Balaban J connectivity index is 1.38. The zero-order chi connectivity index (χ0) is 22.8. The number of pyridine rings is 1. The van der Waals surface area contributed by atoms with E-state index < -0.39 is 0 Å². The third-order valence-electron chi connectivity index (χ3n) is 5.20. The number of ether oxygens (including phenoxy) is 2. The number of aromatic amines is 1. The van der Waals surface area contributed by atoms with E-state index in [1.165, 1.54) is 0 Å². The van der Waals surface area contributed by atoms with Crippen molar-refractivity contribution in [2.75, 3.05) is 18.5 Å². The summed E-state index contributed by atoms with van der Waals surface area (Å²) in [6.45, 7) is 4.88. The van der Waals surface area contributed by atoms with Crippen LogP contribution in [0.5, 0.6) is 11.5 Å². The highest BCUT2D eigenvalue weighted by atomic mass is 16.5. The van der Waals surface area contributed by atoms with E-state index in [0.29, 0.717) is 36.1 Å². The molecule has 166 valence electrons. The van der Waals surface area contributed by atoms with Crippen LogP contribution in [-0.2, 0) is 0 Å². The van der Waals surface area contributed by atoms with E-state index in [-0.39, 0.29) is 11.8 Å². The molecule has 8 nitrogen and oxygen atoms in total. The highest BCUT2D eigenvalue weighted by Crippen LogP contribution is 2.33. The molecule has 0 atom stereocenters. The van der Waals surface area contributed by atoms with Gasteiger partial charge in [-0.25, -0.2) is 0 Å². The molecule has 33 heavy (non-hydrogen) atoms. The van der Waals surface area contributed by atoms with Gasteiger partial charge in [0.05, 0.1) is 24.2 Å². The number of anilines is 1. The van der Waals surface area contributed by atoms with E-state index in [0.717, 1.165) is 27.4 Å². The lowest BCUT2D eigenvalue weighted by molar-refractivity contribution is 0.102. The second-order valence-corrected chi connectivity index (χ2v) is 7.35. The standard InChI is InChI=1S/C25H22N4O4/c1-3-31-20-10-9-16(13-21(20)32-4-2)18-14-22(33-29-18)28-25(30)19-12-17-8-7-15-6-5-11-26-23(15)24(17)27-19/h5-14,27H,3-4H2,1-2H3,(H,28,30). The van der Waals surface area contributed by atoms with Crippen molar-refractivity contribution >= 4 is 33.6 Å². The summed E-state index contributed by atoms with van der Waals surface area (Å²) in [4.78, 5) is 20.4. The van der Waals surface area contributed by atoms with E-state index >= 15 is 0 Å². The van der Waals surface area contributed by atoms with Gasteiger partial charge in [0.2, 0.25) is 5.88 Å². The van der Waals surface area contributed by atoms with Crippen LogP contribution in [0.15, 0.2) is 65.3 Å². The zero-order valence-corrected chi connectivity index (χ0v) is 18.2. The van der Waals surface area contributed by atoms with Crippen molar-refractivity contribution in [2.24, 2.45) is 0 Å². The van der Waals surface area contributed by atoms with Gasteiger partial charge in [0.25, 0.3) is 5.91 Å². The Kier molecular flexibility index (Phi) is 5.40. The minimum Gasteiger partial charge on any atom is -0.490 e. The molecular formula is C25H22N4O4. The predicted octanol–water partition coefficient (Wildman–Crippen LogP) is 5.42. The zero-order valence-electron chi connectivity index (χ0n) is 18.2. The van der Waals surface area contributed by atoms with E-state index in [2.05, 4.69) is 20.4 Å². The van der Waals surface area contributed by atoms with Gasteiger partial charge in [-0.1, -0.05) is 23.4 Å². The number of carbonyl (C=O) groups excluding carboxylic acids is 1. The van der Waals surface area contributed by atoms with E-state index in [1.54, 1.807) is 18.3 Å². The number of rotatable bonds is 7. The fourth-order valence-corrected chi connectivity index (χ4v) is 3.72. The fourth-order valence-electron chi connectivity index (χ4n) is 3.72. The number of H-pyrrole nitrogens is 1. The number of amides is 1. The summed E-state index contributed by atoms with van der Waals surface area (Å²) < 4.78 is 16.6. The Morgan fingerprint density at radius 1 is 1.00 bits per heavy atom. The number of carbonyl (C=O) groups is 1. The number of hydrogen-bond donors (Lipinski definition) is 2. The van der Waals surface area contributed by atoms with Crippen molar-refractivity contribution in [2.45, 2.75) is 13.8 Å². The van der Waals surface area contributed by atoms with Gasteiger partial charge in [0.1, 0.15) is 11.4 Å². The predicted molar refractivity (Wildman–Crippen MR) is 126 cm³/mol. The van der Waals surface area contributed by atoms with Crippen LogP contribution in [0.3, 0.4) is 0 Å². The Morgan fingerprint density at radius 2 is 1.82 bits per heavy atom. The Labute approximate surface area is 189 Å². The summed E-state index contributed by atoms with van der Waals surface area (Å²) in [5.74, 6) is 1.20. The number of aromatic nitrogens is 3. The van der Waals surface area contributed by atoms with Gasteiger partial charge >= 0.3 is 0 Å². The van der Waals surface area contributed by atoms with Crippen molar-refractivity contribution in [1.29, 1.82) is 0 Å². The van der Waals surface area contributed by atoms with Crippen LogP contribution in [0.1, 0.15) is 24.3 Å². The normalized spacial score (nSPS) is 11.1. The molecule has 0 saturated carbocycles. The molecule has 1 amide bonds. The number of hydrogen-bond acceptors (Lipinski definition) is 6. The lowest BCUT2D eigenvalue weighted by Crippen LogP contribution is -2.11. The molecule has 5 aromatic rings. The van der Waals surface area contributed by atoms with E-state index in [9.17, 15) is 4.79 Å². The number of fused-ring (bicyclic) bond motifs is 3. The molecule has 0 saturated heterocycles. The molecule has 0 aliphatic heterocycles. The fraction of sp³-hybridized carbons (Fsp3) is 0.160. The smallest absolute Gasteiger partial charge is 0.274 e. The number of nitrogens with zero attached hydrogens (tertiary/aromatic N) is 2. The molecule has 5 rings (SSSR count). The van der Waals surface area contributed by atoms with Gasteiger partial charge in [-0.3, -0.25) is 15.1 Å². The number of nitrogens with one attached hydrogen (secondary N) is 2. The molecule has 3 heterocycles. The first-order chi connectivity index (χ1) is 16.2. The quantitative estimate of drug-likeness (QED) is 0.349. The maximum Gasteiger partial charge on any atom is 0.274 e. The SMILES string of the molecule is CCOc1ccc(-c2cc(NC(=O)c3cc4ccc5cccnc5c4[nH]3)on2)cc1OCC. The number of benzene rings is 2. The van der Waals surface area contributed by atoms with Crippen LogP contribution >= 0.6 is 0 Å². The third kappa shape index (κ3) is 3.98. The van der Waals surface area contributed by atoms with Crippen LogP contribution in [0.4, 0.5) is 5.88 Å². The maximum atomic E-state index is 12.8. The molecule has 3 aromatic heterocycles. The highest BCUT2D eigenvalue weighted by Gasteiger charge is 2.16. The summed E-state index contributed by atoms with van der Waals surface area (Å²) in [5, 5.41) is 8.75. The van der Waals surface area contributed by atoms with E-state index in [4.69, 9.17) is 14.0 Å². The molecule has 0 bridgehead atoms. The monoisotopic (exact) mass is 442 g/mol. The third-order valence-corrected chi connectivity index (χ3v) is 5.20. The summed E-state index contributed by atoms with van der Waals surface area (Å²) in [6.07, 6.45) is 1.73. The molecule has 0 aliphatic carbocycles. The average molecular weight is 442 g/mol. The second-order valence-electron chi connectivity index (χ2n) is 7.35. The average Bonchev–Trinajstić information content (AvgIpc) is 3.48. The van der Waals surface area contributed by atoms with Gasteiger partial charge in [0, 0.05) is 28.6 Å². The minimum absolute atomic E-state index is 0.239. The van der Waals surface area contributed by atoms with E-state index in [1.807, 2.05) is 56.3 Å². The van der Waals surface area contributed by atoms with Crippen LogP contribution in [0.2, 0.25) is 0 Å². The molecule has 2 aromatic carbocycles. The van der Waals surface area contributed by atoms with Crippen LogP contribution < -0.4 is 14.8 Å². The second kappa shape index (κ2) is 8.66. The lowest BCUT2D eigenvalue weighted by atomic mass is 10.1. The van der Waals surface area contributed by atoms with Crippen LogP contribution in [0, 0.1) is 0 Å². The summed E-state index contributed by atoms with van der Waals surface area (Å²) in [7, 11) is 0. The molecule has 0 radical (unpaired) electrons. The van der Waals surface area contributed by atoms with Gasteiger partial charge in [0.15, 0.2) is 11.5 Å². The first kappa shape index (κ1) is 20.6. The molecular weight excluding hydrogens is 420 g/mol. The van der Waals surface area contributed by atoms with Crippen molar-refractivity contribution in [1.82, 2.24) is 15.1 Å². The van der Waals surface area contributed by atoms with Gasteiger partial charge in [-0.05, 0) is 44.2 Å². The van der Waals surface area contributed by atoms with Crippen LogP contribution in [-0.4, -0.2) is 34.2 Å². The molecule has 0 aliphatic rings. The molecule has 0 fully saturated rings. The van der Waals surface area contributed by atoms with Gasteiger partial charge in [-0.2, -0.15) is 0 Å². The topological polar surface area (TPSA) is 102 Å². The van der Waals surface area contributed by atoms with Crippen molar-refractivity contribution in [3.05, 3.63) is 66.5 Å². The minimum atomic E-state index is -0.334. The summed E-state index contributed by atoms with van der Waals surface area (Å²) in [6, 6.07) is 16.8.